The maximum atomic E-state index is 6.60. The molecular formula is C18H28ClN5. The van der Waals surface area contributed by atoms with Crippen LogP contribution < -0.4 is 5.32 Å². The number of hydrogen-bond donors (Lipinski definition) is 1. The molecule has 2 heterocycles. The van der Waals surface area contributed by atoms with Crippen molar-refractivity contribution in [3.63, 3.8) is 0 Å². The van der Waals surface area contributed by atoms with E-state index in [9.17, 15) is 0 Å². The fourth-order valence-electron chi connectivity index (χ4n) is 3.68. The van der Waals surface area contributed by atoms with Gasteiger partial charge in [-0.25, -0.2) is 4.98 Å². The molecule has 5 nitrogen and oxygen atoms in total. The summed E-state index contributed by atoms with van der Waals surface area (Å²) in [7, 11) is 0. The normalized spacial score (nSPS) is 22.1. The molecule has 6 heteroatoms. The number of halogens is 1. The predicted molar refractivity (Wildman–Crippen MR) is 98.7 cm³/mol. The van der Waals surface area contributed by atoms with E-state index in [1.54, 1.807) is 4.52 Å². The second-order valence-corrected chi connectivity index (χ2v) is 8.38. The van der Waals surface area contributed by atoms with Crippen molar-refractivity contribution >= 4 is 23.2 Å². The average molecular weight is 350 g/mol. The lowest BCUT2D eigenvalue weighted by atomic mass is 9.71. The van der Waals surface area contributed by atoms with Gasteiger partial charge < -0.3 is 5.32 Å². The number of anilines is 1. The van der Waals surface area contributed by atoms with E-state index in [1.165, 1.54) is 12.8 Å². The van der Waals surface area contributed by atoms with E-state index in [0.717, 1.165) is 36.7 Å². The third-order valence-electron chi connectivity index (χ3n) is 5.23. The largest absolute Gasteiger partial charge is 0.366 e. The van der Waals surface area contributed by atoms with Gasteiger partial charge in [-0.2, -0.15) is 9.50 Å². The summed E-state index contributed by atoms with van der Waals surface area (Å²) in [4.78, 5) is 8.93. The van der Waals surface area contributed by atoms with Crippen LogP contribution in [-0.4, -0.2) is 25.6 Å². The summed E-state index contributed by atoms with van der Waals surface area (Å²) in [6, 6.07) is 0.431. The Hall–Kier alpha value is -1.36. The van der Waals surface area contributed by atoms with Crippen LogP contribution in [0, 0.1) is 18.3 Å². The molecule has 0 aromatic carbocycles. The molecular weight excluding hydrogens is 322 g/mol. The molecule has 132 valence electrons. The zero-order valence-electron chi connectivity index (χ0n) is 15.4. The number of aromatic nitrogens is 4. The first-order chi connectivity index (χ1) is 11.3. The minimum absolute atomic E-state index is 0.394. The smallest absolute Gasteiger partial charge is 0.254 e. The first kappa shape index (κ1) is 17.5. The average Bonchev–Trinajstić information content (AvgIpc) is 2.89. The summed E-state index contributed by atoms with van der Waals surface area (Å²) in [5.41, 5.74) is 1.27. The molecule has 0 unspecified atom stereocenters. The minimum atomic E-state index is 0.394. The molecule has 1 saturated carbocycles. The second kappa shape index (κ2) is 6.51. The molecule has 0 radical (unpaired) electrons. The van der Waals surface area contributed by atoms with E-state index in [1.807, 2.05) is 6.92 Å². The number of hydrogen-bond acceptors (Lipinski definition) is 4. The molecule has 0 bridgehead atoms. The van der Waals surface area contributed by atoms with Gasteiger partial charge in [-0.1, -0.05) is 39.3 Å². The second-order valence-electron chi connectivity index (χ2n) is 8.00. The van der Waals surface area contributed by atoms with Crippen molar-refractivity contribution in [1.82, 2.24) is 19.6 Å². The van der Waals surface area contributed by atoms with Crippen LogP contribution in [0.2, 0.25) is 5.02 Å². The van der Waals surface area contributed by atoms with Crippen molar-refractivity contribution in [2.24, 2.45) is 11.3 Å². The molecule has 1 N–H and O–H groups in total. The van der Waals surface area contributed by atoms with Gasteiger partial charge in [0.05, 0.1) is 5.69 Å². The van der Waals surface area contributed by atoms with Crippen LogP contribution >= 0.6 is 11.6 Å². The summed E-state index contributed by atoms with van der Waals surface area (Å²) in [5, 5.41) is 8.78. The molecule has 1 fully saturated rings. The zero-order chi connectivity index (χ0) is 17.5. The maximum absolute atomic E-state index is 6.60. The first-order valence-electron chi connectivity index (χ1n) is 8.98. The lowest BCUT2D eigenvalue weighted by Gasteiger charge is -2.37. The fraction of sp³-hybridized carbons (Fsp3) is 0.722. The van der Waals surface area contributed by atoms with Gasteiger partial charge in [0.15, 0.2) is 5.82 Å². The van der Waals surface area contributed by atoms with Crippen LogP contribution in [0.3, 0.4) is 0 Å². The van der Waals surface area contributed by atoms with Gasteiger partial charge in [0.25, 0.3) is 5.78 Å². The van der Waals surface area contributed by atoms with Crippen LogP contribution in [0.15, 0.2) is 0 Å². The SMILES string of the molecule is CCc1nc2nc(C)nn2c(NC2CCC(C(C)(C)C)CC2)c1Cl. The molecule has 24 heavy (non-hydrogen) atoms. The van der Waals surface area contributed by atoms with E-state index >= 15 is 0 Å². The monoisotopic (exact) mass is 349 g/mol. The van der Waals surface area contributed by atoms with Crippen LogP contribution in [0.25, 0.3) is 5.78 Å². The standard InChI is InChI=1S/C18H28ClN5/c1-6-14-15(19)16(24-17(22-14)20-11(2)23-24)21-13-9-7-12(8-10-13)18(3,4)5/h12-13,21H,6-10H2,1-5H3. The van der Waals surface area contributed by atoms with Crippen LogP contribution in [0.1, 0.15) is 64.9 Å². The fourth-order valence-corrected chi connectivity index (χ4v) is 3.99. The van der Waals surface area contributed by atoms with Gasteiger partial charge in [0, 0.05) is 6.04 Å². The van der Waals surface area contributed by atoms with E-state index in [0.29, 0.717) is 28.1 Å². The van der Waals surface area contributed by atoms with Gasteiger partial charge >= 0.3 is 0 Å². The highest BCUT2D eigenvalue weighted by Crippen LogP contribution is 2.39. The molecule has 0 aliphatic heterocycles. The molecule has 1 aliphatic carbocycles. The van der Waals surface area contributed by atoms with E-state index in [2.05, 4.69) is 48.1 Å². The highest BCUT2D eigenvalue weighted by molar-refractivity contribution is 6.33. The van der Waals surface area contributed by atoms with Gasteiger partial charge in [-0.3, -0.25) is 0 Å². The number of aryl methyl sites for hydroxylation is 2. The number of nitrogens with one attached hydrogen (secondary N) is 1. The van der Waals surface area contributed by atoms with Crippen LogP contribution in [-0.2, 0) is 6.42 Å². The van der Waals surface area contributed by atoms with Gasteiger partial charge in [-0.15, -0.1) is 5.10 Å². The summed E-state index contributed by atoms with van der Waals surface area (Å²) in [5.74, 6) is 2.98. The van der Waals surface area contributed by atoms with Crippen LogP contribution in [0.4, 0.5) is 5.82 Å². The van der Waals surface area contributed by atoms with E-state index < -0.39 is 0 Å². The maximum Gasteiger partial charge on any atom is 0.254 e. The molecule has 1 aliphatic rings. The Morgan fingerprint density at radius 3 is 2.42 bits per heavy atom. The van der Waals surface area contributed by atoms with Crippen molar-refractivity contribution in [1.29, 1.82) is 0 Å². The number of rotatable bonds is 3. The Kier molecular flexibility index (Phi) is 4.73. The van der Waals surface area contributed by atoms with Gasteiger partial charge in [0.2, 0.25) is 0 Å². The Morgan fingerprint density at radius 2 is 1.83 bits per heavy atom. The molecule has 0 amide bonds. The molecule has 2 aromatic rings. The lowest BCUT2D eigenvalue weighted by molar-refractivity contribution is 0.173. The van der Waals surface area contributed by atoms with Crippen molar-refractivity contribution in [3.05, 3.63) is 16.5 Å². The van der Waals surface area contributed by atoms with Crippen LogP contribution in [0.5, 0.6) is 0 Å². The minimum Gasteiger partial charge on any atom is -0.366 e. The molecule has 0 atom stereocenters. The predicted octanol–water partition coefficient (Wildman–Crippen LogP) is 4.67. The summed E-state index contributed by atoms with van der Waals surface area (Å²) in [6.07, 6.45) is 5.62. The summed E-state index contributed by atoms with van der Waals surface area (Å²) in [6.45, 7) is 11.0. The highest BCUT2D eigenvalue weighted by Gasteiger charge is 2.30. The first-order valence-corrected chi connectivity index (χ1v) is 9.35. The number of nitrogens with zero attached hydrogens (tertiary/aromatic N) is 4. The Balaban J connectivity index is 1.84. The van der Waals surface area contributed by atoms with E-state index in [4.69, 9.17) is 11.6 Å². The lowest BCUT2D eigenvalue weighted by Crippen LogP contribution is -2.32. The van der Waals surface area contributed by atoms with Gasteiger partial charge in [-0.05, 0) is 50.4 Å². The third kappa shape index (κ3) is 3.37. The third-order valence-corrected chi connectivity index (χ3v) is 5.63. The number of fused-ring (bicyclic) bond motifs is 1. The molecule has 0 saturated heterocycles. The van der Waals surface area contributed by atoms with E-state index in [-0.39, 0.29) is 0 Å². The zero-order valence-corrected chi connectivity index (χ0v) is 16.1. The van der Waals surface area contributed by atoms with Crippen molar-refractivity contribution in [3.8, 4) is 0 Å². The molecule has 2 aromatic heterocycles. The Labute approximate surface area is 149 Å². The van der Waals surface area contributed by atoms with Crippen molar-refractivity contribution < 1.29 is 0 Å². The Bertz CT molecular complexity index is 723. The topological polar surface area (TPSA) is 55.1 Å². The van der Waals surface area contributed by atoms with Gasteiger partial charge in [0.1, 0.15) is 10.8 Å². The van der Waals surface area contributed by atoms with Crippen molar-refractivity contribution in [2.75, 3.05) is 5.32 Å². The quantitative estimate of drug-likeness (QED) is 0.875. The molecule has 0 spiro atoms. The summed E-state index contributed by atoms with van der Waals surface area (Å²) >= 11 is 6.60. The summed E-state index contributed by atoms with van der Waals surface area (Å²) < 4.78 is 1.76. The highest BCUT2D eigenvalue weighted by atomic mass is 35.5. The Morgan fingerprint density at radius 1 is 1.17 bits per heavy atom. The molecule has 3 rings (SSSR count). The van der Waals surface area contributed by atoms with Crippen molar-refractivity contribution in [2.45, 2.75) is 72.8 Å².